The van der Waals surface area contributed by atoms with Gasteiger partial charge in [0.05, 0.1) is 11.1 Å². The molecule has 0 saturated heterocycles. The molecule has 0 N–H and O–H groups in total. The van der Waals surface area contributed by atoms with Crippen LogP contribution in [-0.4, -0.2) is 24.1 Å². The standard InChI is InChI=1S/C29H40O4/c1-6-15-24(26(8-3)32-28(30)22-17-11-9-12-18-22)25(16-7-2)27(21(4)5)33-29(31)23-19-13-10-14-20-23/h9-14,17-21,24-27H,6-8,15-16H2,1-5H3. The topological polar surface area (TPSA) is 52.6 Å². The predicted molar refractivity (Wildman–Crippen MR) is 133 cm³/mol. The van der Waals surface area contributed by atoms with Crippen LogP contribution in [0.2, 0.25) is 0 Å². The van der Waals surface area contributed by atoms with Crippen molar-refractivity contribution < 1.29 is 19.1 Å². The second-order valence-corrected chi connectivity index (χ2v) is 9.10. The Labute approximate surface area is 199 Å². The van der Waals surface area contributed by atoms with E-state index in [2.05, 4.69) is 34.6 Å². The largest absolute Gasteiger partial charge is 0.458 e. The summed E-state index contributed by atoms with van der Waals surface area (Å²) >= 11 is 0. The molecule has 0 fully saturated rings. The number of carbonyl (C=O) groups excluding carboxylic acids is 2. The van der Waals surface area contributed by atoms with Crippen molar-refractivity contribution in [3.8, 4) is 0 Å². The van der Waals surface area contributed by atoms with Gasteiger partial charge in [0, 0.05) is 11.8 Å². The fourth-order valence-corrected chi connectivity index (χ4v) is 4.70. The molecule has 4 heteroatoms. The lowest BCUT2D eigenvalue weighted by atomic mass is 9.74. The normalized spacial score (nSPS) is 14.8. The van der Waals surface area contributed by atoms with E-state index in [1.807, 2.05) is 36.4 Å². The van der Waals surface area contributed by atoms with Crippen LogP contribution in [-0.2, 0) is 9.47 Å². The van der Waals surface area contributed by atoms with E-state index in [4.69, 9.17) is 9.47 Å². The van der Waals surface area contributed by atoms with E-state index in [-0.39, 0.29) is 41.9 Å². The zero-order valence-corrected chi connectivity index (χ0v) is 20.8. The molecule has 0 aliphatic heterocycles. The Kier molecular flexibility index (Phi) is 11.2. The number of ether oxygens (including phenoxy) is 2. The van der Waals surface area contributed by atoms with Gasteiger partial charge in [-0.2, -0.15) is 0 Å². The van der Waals surface area contributed by atoms with Crippen molar-refractivity contribution >= 4 is 11.9 Å². The summed E-state index contributed by atoms with van der Waals surface area (Å²) in [7, 11) is 0. The smallest absolute Gasteiger partial charge is 0.338 e. The van der Waals surface area contributed by atoms with E-state index in [1.54, 1.807) is 24.3 Å². The first-order valence-electron chi connectivity index (χ1n) is 12.4. The summed E-state index contributed by atoms with van der Waals surface area (Å²) in [6.07, 6.45) is 4.01. The van der Waals surface area contributed by atoms with Crippen molar-refractivity contribution in [3.05, 3.63) is 71.8 Å². The molecule has 0 aliphatic carbocycles. The van der Waals surface area contributed by atoms with Gasteiger partial charge in [0.25, 0.3) is 0 Å². The Hall–Kier alpha value is -2.62. The molecule has 0 amide bonds. The Morgan fingerprint density at radius 1 is 0.697 bits per heavy atom. The lowest BCUT2D eigenvalue weighted by Gasteiger charge is -2.39. The third kappa shape index (κ3) is 7.73. The van der Waals surface area contributed by atoms with Crippen LogP contribution in [0.5, 0.6) is 0 Å². The monoisotopic (exact) mass is 452 g/mol. The number of carbonyl (C=O) groups is 2. The molecule has 0 aromatic heterocycles. The fraction of sp³-hybridized carbons (Fsp3) is 0.517. The van der Waals surface area contributed by atoms with Gasteiger partial charge >= 0.3 is 11.9 Å². The molecule has 180 valence electrons. The summed E-state index contributed by atoms with van der Waals surface area (Å²) in [5.74, 6) is -0.211. The molecule has 2 aromatic rings. The van der Waals surface area contributed by atoms with E-state index in [0.29, 0.717) is 11.1 Å². The summed E-state index contributed by atoms with van der Waals surface area (Å²) in [5.41, 5.74) is 1.13. The Morgan fingerprint density at radius 3 is 1.58 bits per heavy atom. The Morgan fingerprint density at radius 2 is 1.15 bits per heavy atom. The molecule has 2 rings (SSSR count). The van der Waals surface area contributed by atoms with Crippen molar-refractivity contribution in [3.63, 3.8) is 0 Å². The van der Waals surface area contributed by atoms with Crippen LogP contribution in [0, 0.1) is 17.8 Å². The lowest BCUT2D eigenvalue weighted by Crippen LogP contribution is -2.42. The summed E-state index contributed by atoms with van der Waals surface area (Å²) in [6.45, 7) is 10.6. The van der Waals surface area contributed by atoms with Crippen LogP contribution >= 0.6 is 0 Å². The summed E-state index contributed by atoms with van der Waals surface area (Å²) in [4.78, 5) is 25.8. The maximum atomic E-state index is 12.9. The van der Waals surface area contributed by atoms with Gasteiger partial charge in [-0.05, 0) is 49.4 Å². The van der Waals surface area contributed by atoms with Crippen LogP contribution in [0.4, 0.5) is 0 Å². The average Bonchev–Trinajstić information content (AvgIpc) is 2.84. The van der Waals surface area contributed by atoms with Crippen LogP contribution < -0.4 is 0 Å². The van der Waals surface area contributed by atoms with Crippen molar-refractivity contribution in [2.45, 2.75) is 78.9 Å². The quantitative estimate of drug-likeness (QED) is 0.298. The molecule has 4 nitrogen and oxygen atoms in total. The van der Waals surface area contributed by atoms with Crippen molar-refractivity contribution in [1.82, 2.24) is 0 Å². The maximum absolute atomic E-state index is 12.9. The Balaban J connectivity index is 2.30. The van der Waals surface area contributed by atoms with Crippen LogP contribution in [0.3, 0.4) is 0 Å². The minimum absolute atomic E-state index is 0.108. The molecule has 2 aromatic carbocycles. The first kappa shape index (κ1) is 26.6. The number of benzene rings is 2. The molecule has 0 aliphatic rings. The highest BCUT2D eigenvalue weighted by Gasteiger charge is 2.38. The fourth-order valence-electron chi connectivity index (χ4n) is 4.70. The van der Waals surface area contributed by atoms with E-state index < -0.39 is 0 Å². The molecule has 4 atom stereocenters. The minimum atomic E-state index is -0.292. The highest BCUT2D eigenvalue weighted by Crippen LogP contribution is 2.36. The maximum Gasteiger partial charge on any atom is 0.338 e. The van der Waals surface area contributed by atoms with Crippen LogP contribution in [0.15, 0.2) is 60.7 Å². The molecule has 0 bridgehead atoms. The second kappa shape index (κ2) is 13.8. The average molecular weight is 453 g/mol. The first-order chi connectivity index (χ1) is 15.9. The van der Waals surface area contributed by atoms with Crippen molar-refractivity contribution in [2.75, 3.05) is 0 Å². The number of rotatable bonds is 13. The molecule has 0 saturated carbocycles. The third-order valence-corrected chi connectivity index (χ3v) is 6.27. The molecule has 4 unspecified atom stereocenters. The Bertz CT molecular complexity index is 831. The second-order valence-electron chi connectivity index (χ2n) is 9.10. The summed E-state index contributed by atoms with van der Waals surface area (Å²) in [5, 5.41) is 0. The zero-order chi connectivity index (χ0) is 24.2. The van der Waals surface area contributed by atoms with E-state index in [9.17, 15) is 9.59 Å². The molecular formula is C29H40O4. The highest BCUT2D eigenvalue weighted by molar-refractivity contribution is 5.90. The lowest BCUT2D eigenvalue weighted by molar-refractivity contribution is -0.0513. The van der Waals surface area contributed by atoms with Gasteiger partial charge in [-0.15, -0.1) is 0 Å². The van der Waals surface area contributed by atoms with Crippen molar-refractivity contribution in [2.24, 2.45) is 17.8 Å². The van der Waals surface area contributed by atoms with E-state index in [0.717, 1.165) is 32.1 Å². The molecule has 33 heavy (non-hydrogen) atoms. The number of hydrogen-bond donors (Lipinski definition) is 0. The first-order valence-corrected chi connectivity index (χ1v) is 12.4. The van der Waals surface area contributed by atoms with Gasteiger partial charge in [0.2, 0.25) is 0 Å². The molecule has 0 heterocycles. The van der Waals surface area contributed by atoms with Crippen molar-refractivity contribution in [1.29, 1.82) is 0 Å². The van der Waals surface area contributed by atoms with Gasteiger partial charge in [-0.25, -0.2) is 9.59 Å². The van der Waals surface area contributed by atoms with E-state index in [1.165, 1.54) is 0 Å². The SMILES string of the molecule is CCCC(C(CC)OC(=O)c1ccccc1)C(CCC)C(OC(=O)c1ccccc1)C(C)C. The zero-order valence-electron chi connectivity index (χ0n) is 20.8. The third-order valence-electron chi connectivity index (χ3n) is 6.27. The number of esters is 2. The van der Waals surface area contributed by atoms with Gasteiger partial charge < -0.3 is 9.47 Å². The van der Waals surface area contributed by atoms with Gasteiger partial charge in [0.1, 0.15) is 12.2 Å². The van der Waals surface area contributed by atoms with Gasteiger partial charge in [0.15, 0.2) is 0 Å². The van der Waals surface area contributed by atoms with Gasteiger partial charge in [-0.3, -0.25) is 0 Å². The van der Waals surface area contributed by atoms with Crippen LogP contribution in [0.1, 0.15) is 87.4 Å². The highest BCUT2D eigenvalue weighted by atomic mass is 16.6. The summed E-state index contributed by atoms with van der Waals surface area (Å²) < 4.78 is 12.2. The van der Waals surface area contributed by atoms with E-state index >= 15 is 0 Å². The molecule has 0 radical (unpaired) electrons. The molecule has 0 spiro atoms. The van der Waals surface area contributed by atoms with Crippen LogP contribution in [0.25, 0.3) is 0 Å². The van der Waals surface area contributed by atoms with Gasteiger partial charge in [-0.1, -0.05) is 83.9 Å². The number of hydrogen-bond acceptors (Lipinski definition) is 4. The predicted octanol–water partition coefficient (Wildman–Crippen LogP) is 7.34. The summed E-state index contributed by atoms with van der Waals surface area (Å²) in [6, 6.07) is 18.3. The molecular weight excluding hydrogens is 412 g/mol. The minimum Gasteiger partial charge on any atom is -0.458 e.